The van der Waals surface area contributed by atoms with Gasteiger partial charge in [-0.3, -0.25) is 9.69 Å². The third kappa shape index (κ3) is 3.65. The molecule has 0 fully saturated rings. The van der Waals surface area contributed by atoms with Gasteiger partial charge in [-0.1, -0.05) is 19.9 Å². The van der Waals surface area contributed by atoms with Gasteiger partial charge >= 0.3 is 6.18 Å². The summed E-state index contributed by atoms with van der Waals surface area (Å²) < 4.78 is 53.5. The van der Waals surface area contributed by atoms with Crippen LogP contribution in [0.25, 0.3) is 0 Å². The number of hydrogen-bond acceptors (Lipinski definition) is 3. The molecule has 1 aliphatic heterocycles. The van der Waals surface area contributed by atoms with Crippen LogP contribution in [0.5, 0.6) is 0 Å². The Morgan fingerprint density at radius 3 is 2.69 bits per heavy atom. The van der Waals surface area contributed by atoms with Crippen LogP contribution >= 0.6 is 0 Å². The number of rotatable bonds is 3. The Kier molecular flexibility index (Phi) is 4.88. The van der Waals surface area contributed by atoms with E-state index in [1.54, 1.807) is 4.90 Å². The van der Waals surface area contributed by atoms with Crippen molar-refractivity contribution < 1.29 is 17.6 Å². The van der Waals surface area contributed by atoms with Gasteiger partial charge < -0.3 is 4.98 Å². The second kappa shape index (κ2) is 6.83. The van der Waals surface area contributed by atoms with Crippen molar-refractivity contribution in [3.63, 3.8) is 0 Å². The maximum Gasteiger partial charge on any atom is 0.416 e. The number of H-pyrrole nitrogens is 1. The smallest absolute Gasteiger partial charge is 0.310 e. The fourth-order valence-corrected chi connectivity index (χ4v) is 3.12. The number of alkyl halides is 3. The molecule has 0 saturated carbocycles. The van der Waals surface area contributed by atoms with Gasteiger partial charge in [0.1, 0.15) is 11.6 Å². The molecule has 1 aromatic carbocycles. The summed E-state index contributed by atoms with van der Waals surface area (Å²) in [4.78, 5) is 21.1. The Morgan fingerprint density at radius 1 is 1.31 bits per heavy atom. The monoisotopic (exact) mass is 369 g/mol. The molecule has 2 heterocycles. The molecule has 2 aromatic rings. The van der Waals surface area contributed by atoms with Crippen molar-refractivity contribution in [1.29, 1.82) is 0 Å². The SMILES string of the molecule is CC(C)c1nc2c(c(=O)[nH]1)CN(Cc1c(F)cccc1C(F)(F)F)CC2. The molecule has 0 atom stereocenters. The van der Waals surface area contributed by atoms with Crippen LogP contribution in [0.2, 0.25) is 0 Å². The number of halogens is 4. The maximum absolute atomic E-state index is 14.0. The summed E-state index contributed by atoms with van der Waals surface area (Å²) in [6.07, 6.45) is -4.19. The van der Waals surface area contributed by atoms with Crippen molar-refractivity contribution in [3.8, 4) is 0 Å². The highest BCUT2D eigenvalue weighted by atomic mass is 19.4. The Bertz CT molecular complexity index is 874. The molecule has 0 unspecified atom stereocenters. The maximum atomic E-state index is 14.0. The lowest BCUT2D eigenvalue weighted by atomic mass is 10.0. The van der Waals surface area contributed by atoms with Crippen molar-refractivity contribution in [1.82, 2.24) is 14.9 Å². The molecule has 0 aliphatic carbocycles. The number of benzene rings is 1. The highest BCUT2D eigenvalue weighted by Crippen LogP contribution is 2.34. The summed E-state index contributed by atoms with van der Waals surface area (Å²) in [7, 11) is 0. The van der Waals surface area contributed by atoms with Gasteiger partial charge in [0, 0.05) is 37.5 Å². The second-order valence-corrected chi connectivity index (χ2v) is 6.76. The molecule has 26 heavy (non-hydrogen) atoms. The molecule has 1 aliphatic rings. The largest absolute Gasteiger partial charge is 0.416 e. The van der Waals surface area contributed by atoms with Crippen LogP contribution < -0.4 is 5.56 Å². The molecule has 0 radical (unpaired) electrons. The quantitative estimate of drug-likeness (QED) is 0.841. The van der Waals surface area contributed by atoms with E-state index in [4.69, 9.17) is 0 Å². The van der Waals surface area contributed by atoms with Crippen LogP contribution in [0.3, 0.4) is 0 Å². The van der Waals surface area contributed by atoms with E-state index >= 15 is 0 Å². The average Bonchev–Trinajstić information content (AvgIpc) is 2.56. The number of nitrogens with one attached hydrogen (secondary N) is 1. The first kappa shape index (κ1) is 18.6. The minimum Gasteiger partial charge on any atom is -0.310 e. The molecule has 4 nitrogen and oxygen atoms in total. The molecule has 8 heteroatoms. The van der Waals surface area contributed by atoms with Crippen LogP contribution in [-0.4, -0.2) is 21.4 Å². The average molecular weight is 369 g/mol. The van der Waals surface area contributed by atoms with E-state index in [1.165, 1.54) is 0 Å². The molecule has 0 amide bonds. The highest BCUT2D eigenvalue weighted by molar-refractivity contribution is 5.31. The standard InChI is InChI=1S/C18H19F4N3O/c1-10(2)16-23-15-6-7-25(9-12(15)17(26)24-16)8-11-13(18(20,21)22)4-3-5-14(11)19/h3-5,10H,6-9H2,1-2H3,(H,23,24,26). The number of aromatic nitrogens is 2. The van der Waals surface area contributed by atoms with Gasteiger partial charge in [0.05, 0.1) is 16.8 Å². The summed E-state index contributed by atoms with van der Waals surface area (Å²) in [5.74, 6) is -0.234. The van der Waals surface area contributed by atoms with Gasteiger partial charge in [-0.2, -0.15) is 13.2 Å². The van der Waals surface area contributed by atoms with Crippen LogP contribution in [0, 0.1) is 5.82 Å². The van der Waals surface area contributed by atoms with Crippen molar-refractivity contribution >= 4 is 0 Å². The normalized spacial score (nSPS) is 15.3. The summed E-state index contributed by atoms with van der Waals surface area (Å²) in [5.41, 5.74) is -0.561. The second-order valence-electron chi connectivity index (χ2n) is 6.76. The molecule has 0 saturated heterocycles. The summed E-state index contributed by atoms with van der Waals surface area (Å²) in [6.45, 7) is 4.16. The Morgan fingerprint density at radius 2 is 2.04 bits per heavy atom. The van der Waals surface area contributed by atoms with Gasteiger partial charge in [0.15, 0.2) is 0 Å². The molecule has 140 valence electrons. The van der Waals surface area contributed by atoms with Crippen LogP contribution in [0.4, 0.5) is 17.6 Å². The topological polar surface area (TPSA) is 49.0 Å². The van der Waals surface area contributed by atoms with E-state index in [2.05, 4.69) is 9.97 Å². The molecular weight excluding hydrogens is 350 g/mol. The fourth-order valence-electron chi connectivity index (χ4n) is 3.12. The molecule has 3 rings (SSSR count). The number of aromatic amines is 1. The van der Waals surface area contributed by atoms with E-state index < -0.39 is 23.1 Å². The third-order valence-electron chi connectivity index (χ3n) is 4.52. The first-order valence-electron chi connectivity index (χ1n) is 8.35. The zero-order valence-corrected chi connectivity index (χ0v) is 14.5. The summed E-state index contributed by atoms with van der Waals surface area (Å²) in [5, 5.41) is 0. The molecule has 0 bridgehead atoms. The molecule has 1 aromatic heterocycles. The zero-order valence-electron chi connectivity index (χ0n) is 14.5. The van der Waals surface area contributed by atoms with E-state index in [9.17, 15) is 22.4 Å². The summed E-state index contributed by atoms with van der Waals surface area (Å²) in [6, 6.07) is 2.94. The lowest BCUT2D eigenvalue weighted by Gasteiger charge is -2.29. The van der Waals surface area contributed by atoms with Crippen molar-refractivity contribution in [3.05, 3.63) is 62.6 Å². The van der Waals surface area contributed by atoms with Gasteiger partial charge in [0.2, 0.25) is 0 Å². The molecule has 1 N–H and O–H groups in total. The predicted octanol–water partition coefficient (Wildman–Crippen LogP) is 3.61. The van der Waals surface area contributed by atoms with Gasteiger partial charge in [-0.15, -0.1) is 0 Å². The zero-order chi connectivity index (χ0) is 19.1. The van der Waals surface area contributed by atoms with Crippen LogP contribution in [-0.2, 0) is 25.7 Å². The van der Waals surface area contributed by atoms with E-state index in [0.717, 1.165) is 18.2 Å². The first-order chi connectivity index (χ1) is 12.2. The van der Waals surface area contributed by atoms with Gasteiger partial charge in [-0.25, -0.2) is 9.37 Å². The molecule has 0 spiro atoms. The van der Waals surface area contributed by atoms with E-state index in [-0.39, 0.29) is 24.6 Å². The Labute approximate surface area is 147 Å². The molecular formula is C18H19F4N3O. The number of fused-ring (bicyclic) bond motifs is 1. The van der Waals surface area contributed by atoms with Crippen molar-refractivity contribution in [2.45, 2.75) is 45.5 Å². The fraction of sp³-hybridized carbons (Fsp3) is 0.444. The summed E-state index contributed by atoms with van der Waals surface area (Å²) >= 11 is 0. The van der Waals surface area contributed by atoms with E-state index in [0.29, 0.717) is 30.0 Å². The highest BCUT2D eigenvalue weighted by Gasteiger charge is 2.35. The minimum absolute atomic E-state index is 0.0683. The van der Waals surface area contributed by atoms with Crippen molar-refractivity contribution in [2.75, 3.05) is 6.54 Å². The van der Waals surface area contributed by atoms with Gasteiger partial charge in [0.25, 0.3) is 5.56 Å². The van der Waals surface area contributed by atoms with Gasteiger partial charge in [-0.05, 0) is 12.1 Å². The lowest BCUT2D eigenvalue weighted by molar-refractivity contribution is -0.138. The number of hydrogen-bond donors (Lipinski definition) is 1. The Hall–Kier alpha value is -2.22. The van der Waals surface area contributed by atoms with Crippen LogP contribution in [0.15, 0.2) is 23.0 Å². The Balaban J connectivity index is 1.89. The third-order valence-corrected chi connectivity index (χ3v) is 4.52. The first-order valence-corrected chi connectivity index (χ1v) is 8.35. The number of nitrogens with zero attached hydrogens (tertiary/aromatic N) is 2. The van der Waals surface area contributed by atoms with Crippen molar-refractivity contribution in [2.24, 2.45) is 0 Å². The van der Waals surface area contributed by atoms with E-state index in [1.807, 2.05) is 13.8 Å². The minimum atomic E-state index is -4.63. The predicted molar refractivity (Wildman–Crippen MR) is 88.2 cm³/mol. The lowest BCUT2D eigenvalue weighted by Crippen LogP contribution is -2.36. The van der Waals surface area contributed by atoms with Crippen LogP contribution in [0.1, 0.15) is 48.0 Å².